The van der Waals surface area contributed by atoms with Crippen molar-refractivity contribution in [1.29, 1.82) is 0 Å². The SMILES string of the molecule is O=C(Nc1cccc2cccnc12)N1CCN(c2ccc(F)c(F)c2)CC1. The molecule has 1 aliphatic rings. The molecule has 7 heteroatoms. The van der Waals surface area contributed by atoms with Crippen LogP contribution in [0, 0.1) is 11.6 Å². The van der Waals surface area contributed by atoms with Gasteiger partial charge in [-0.3, -0.25) is 4.98 Å². The van der Waals surface area contributed by atoms with Crippen molar-refractivity contribution < 1.29 is 13.6 Å². The number of halogens is 2. The minimum absolute atomic E-state index is 0.196. The maximum Gasteiger partial charge on any atom is 0.322 e. The van der Waals surface area contributed by atoms with E-state index in [1.165, 1.54) is 6.07 Å². The van der Waals surface area contributed by atoms with Crippen molar-refractivity contribution in [2.45, 2.75) is 0 Å². The van der Waals surface area contributed by atoms with E-state index in [9.17, 15) is 13.6 Å². The third-order valence-electron chi connectivity index (χ3n) is 4.71. The third kappa shape index (κ3) is 3.53. The lowest BCUT2D eigenvalue weighted by molar-refractivity contribution is 0.208. The molecule has 0 atom stereocenters. The highest BCUT2D eigenvalue weighted by molar-refractivity contribution is 5.99. The molecule has 1 aromatic heterocycles. The van der Waals surface area contributed by atoms with Crippen LogP contribution in [0.2, 0.25) is 0 Å². The van der Waals surface area contributed by atoms with Crippen LogP contribution < -0.4 is 10.2 Å². The number of anilines is 2. The minimum Gasteiger partial charge on any atom is -0.368 e. The zero-order valence-corrected chi connectivity index (χ0v) is 14.5. The molecule has 0 aliphatic carbocycles. The van der Waals surface area contributed by atoms with E-state index in [4.69, 9.17) is 0 Å². The molecule has 0 radical (unpaired) electrons. The molecule has 1 N–H and O–H groups in total. The average Bonchev–Trinajstić information content (AvgIpc) is 2.70. The van der Waals surface area contributed by atoms with Crippen molar-refractivity contribution in [2.24, 2.45) is 0 Å². The first-order valence-electron chi connectivity index (χ1n) is 8.71. The summed E-state index contributed by atoms with van der Waals surface area (Å²) < 4.78 is 26.5. The maximum atomic E-state index is 13.4. The molecule has 2 aromatic carbocycles. The summed E-state index contributed by atoms with van der Waals surface area (Å²) in [5.74, 6) is -1.73. The third-order valence-corrected chi connectivity index (χ3v) is 4.71. The van der Waals surface area contributed by atoms with Gasteiger partial charge in [0, 0.05) is 49.5 Å². The number of rotatable bonds is 2. The molecule has 2 heterocycles. The summed E-state index contributed by atoms with van der Waals surface area (Å²) in [4.78, 5) is 20.6. The number of aromatic nitrogens is 1. The summed E-state index contributed by atoms with van der Waals surface area (Å²) in [6, 6.07) is 13.1. The second kappa shape index (κ2) is 7.19. The van der Waals surface area contributed by atoms with Crippen molar-refractivity contribution >= 4 is 28.3 Å². The molecule has 3 aromatic rings. The van der Waals surface area contributed by atoms with Crippen molar-refractivity contribution in [3.05, 3.63) is 66.4 Å². The van der Waals surface area contributed by atoms with Gasteiger partial charge in [0.05, 0.1) is 11.2 Å². The van der Waals surface area contributed by atoms with Gasteiger partial charge >= 0.3 is 6.03 Å². The predicted molar refractivity (Wildman–Crippen MR) is 101 cm³/mol. The average molecular weight is 368 g/mol. The molecular weight excluding hydrogens is 350 g/mol. The molecule has 4 rings (SSSR count). The van der Waals surface area contributed by atoms with Crippen LogP contribution in [0.5, 0.6) is 0 Å². The van der Waals surface area contributed by atoms with Gasteiger partial charge in [-0.25, -0.2) is 13.6 Å². The molecule has 0 saturated carbocycles. The summed E-state index contributed by atoms with van der Waals surface area (Å²) in [6.45, 7) is 2.07. The van der Waals surface area contributed by atoms with Crippen molar-refractivity contribution in [3.63, 3.8) is 0 Å². The molecule has 27 heavy (non-hydrogen) atoms. The fraction of sp³-hybridized carbons (Fsp3) is 0.200. The zero-order chi connectivity index (χ0) is 18.8. The Morgan fingerprint density at radius 2 is 1.74 bits per heavy atom. The van der Waals surface area contributed by atoms with E-state index in [1.54, 1.807) is 17.2 Å². The van der Waals surface area contributed by atoms with Gasteiger partial charge < -0.3 is 15.1 Å². The summed E-state index contributed by atoms with van der Waals surface area (Å²) >= 11 is 0. The van der Waals surface area contributed by atoms with Gasteiger partial charge in [-0.05, 0) is 24.3 Å². The summed E-state index contributed by atoms with van der Waals surface area (Å²) in [5.41, 5.74) is 2.03. The lowest BCUT2D eigenvalue weighted by Gasteiger charge is -2.36. The van der Waals surface area contributed by atoms with E-state index in [-0.39, 0.29) is 6.03 Å². The van der Waals surface area contributed by atoms with E-state index < -0.39 is 11.6 Å². The monoisotopic (exact) mass is 368 g/mol. The molecule has 138 valence electrons. The Kier molecular flexibility index (Phi) is 4.58. The number of carbonyl (C=O) groups excluding carboxylic acids is 1. The van der Waals surface area contributed by atoms with Gasteiger partial charge in [0.1, 0.15) is 0 Å². The number of amides is 2. The number of nitrogens with one attached hydrogen (secondary N) is 1. The lowest BCUT2D eigenvalue weighted by atomic mass is 10.2. The normalized spacial score (nSPS) is 14.4. The quantitative estimate of drug-likeness (QED) is 0.747. The second-order valence-corrected chi connectivity index (χ2v) is 6.38. The smallest absolute Gasteiger partial charge is 0.322 e. The lowest BCUT2D eigenvalue weighted by Crippen LogP contribution is -2.50. The Labute approximate surface area is 155 Å². The van der Waals surface area contributed by atoms with E-state index in [0.717, 1.165) is 17.0 Å². The second-order valence-electron chi connectivity index (χ2n) is 6.38. The number of pyridine rings is 1. The summed E-state index contributed by atoms with van der Waals surface area (Å²) in [5, 5.41) is 3.88. The summed E-state index contributed by atoms with van der Waals surface area (Å²) in [6.07, 6.45) is 1.69. The molecular formula is C20H18F2N4O. The highest BCUT2D eigenvalue weighted by Crippen LogP contribution is 2.22. The molecule has 5 nitrogen and oxygen atoms in total. The van der Waals surface area contributed by atoms with Crippen LogP contribution >= 0.6 is 0 Å². The topological polar surface area (TPSA) is 48.5 Å². The van der Waals surface area contributed by atoms with E-state index in [0.29, 0.717) is 37.6 Å². The van der Waals surface area contributed by atoms with Gasteiger partial charge in [0.25, 0.3) is 0 Å². The van der Waals surface area contributed by atoms with Gasteiger partial charge in [0.2, 0.25) is 0 Å². The van der Waals surface area contributed by atoms with Crippen molar-refractivity contribution in [2.75, 3.05) is 36.4 Å². The number of para-hydroxylation sites is 1. The van der Waals surface area contributed by atoms with Gasteiger partial charge in [-0.2, -0.15) is 0 Å². The van der Waals surface area contributed by atoms with Crippen LogP contribution in [0.4, 0.5) is 25.0 Å². The zero-order valence-electron chi connectivity index (χ0n) is 14.5. The van der Waals surface area contributed by atoms with Gasteiger partial charge in [0.15, 0.2) is 11.6 Å². The first-order chi connectivity index (χ1) is 13.1. The van der Waals surface area contributed by atoms with Crippen molar-refractivity contribution in [3.8, 4) is 0 Å². The number of nitrogens with zero attached hydrogens (tertiary/aromatic N) is 3. The van der Waals surface area contributed by atoms with Gasteiger partial charge in [-0.15, -0.1) is 0 Å². The minimum atomic E-state index is -0.865. The van der Waals surface area contributed by atoms with Crippen LogP contribution in [0.25, 0.3) is 10.9 Å². The number of urea groups is 1. The number of benzene rings is 2. The number of piperazine rings is 1. The number of hydrogen-bond donors (Lipinski definition) is 1. The largest absolute Gasteiger partial charge is 0.368 e. The first kappa shape index (κ1) is 17.2. The molecule has 2 amide bonds. The van der Waals surface area contributed by atoms with Crippen LogP contribution in [-0.2, 0) is 0 Å². The fourth-order valence-corrected chi connectivity index (χ4v) is 3.25. The number of fused-ring (bicyclic) bond motifs is 1. The molecule has 0 bridgehead atoms. The molecule has 1 fully saturated rings. The standard InChI is InChI=1S/C20H18F2N4O/c21-16-7-6-15(13-17(16)22)25-9-11-26(12-10-25)20(27)24-18-5-1-3-14-4-2-8-23-19(14)18/h1-8,13H,9-12H2,(H,24,27). The van der Waals surface area contributed by atoms with Crippen LogP contribution in [0.1, 0.15) is 0 Å². The molecule has 1 aliphatic heterocycles. The highest BCUT2D eigenvalue weighted by atomic mass is 19.2. The summed E-state index contributed by atoms with van der Waals surface area (Å²) in [7, 11) is 0. The molecule has 1 saturated heterocycles. The van der Waals surface area contributed by atoms with E-state index >= 15 is 0 Å². The van der Waals surface area contributed by atoms with Crippen LogP contribution in [0.15, 0.2) is 54.7 Å². The fourth-order valence-electron chi connectivity index (χ4n) is 3.25. The highest BCUT2D eigenvalue weighted by Gasteiger charge is 2.22. The van der Waals surface area contributed by atoms with E-state index in [1.807, 2.05) is 35.2 Å². The number of hydrogen-bond acceptors (Lipinski definition) is 3. The van der Waals surface area contributed by atoms with Crippen LogP contribution in [0.3, 0.4) is 0 Å². The molecule has 0 unspecified atom stereocenters. The van der Waals surface area contributed by atoms with Crippen LogP contribution in [-0.4, -0.2) is 42.1 Å². The molecule has 0 spiro atoms. The Morgan fingerprint density at radius 1 is 0.963 bits per heavy atom. The van der Waals surface area contributed by atoms with Crippen molar-refractivity contribution in [1.82, 2.24) is 9.88 Å². The Bertz CT molecular complexity index is 981. The first-order valence-corrected chi connectivity index (χ1v) is 8.71. The Hall–Kier alpha value is -3.22. The predicted octanol–water partition coefficient (Wildman–Crippen LogP) is 3.87. The Balaban J connectivity index is 1.42. The van der Waals surface area contributed by atoms with Gasteiger partial charge in [-0.1, -0.05) is 18.2 Å². The van der Waals surface area contributed by atoms with E-state index in [2.05, 4.69) is 10.3 Å². The maximum absolute atomic E-state index is 13.4. The number of carbonyl (C=O) groups is 1. The Morgan fingerprint density at radius 3 is 2.52 bits per heavy atom.